The van der Waals surface area contributed by atoms with Crippen molar-refractivity contribution in [1.29, 1.82) is 0 Å². The summed E-state index contributed by atoms with van der Waals surface area (Å²) < 4.78 is 28.0. The van der Waals surface area contributed by atoms with Crippen molar-refractivity contribution in [1.82, 2.24) is 0 Å². The zero-order valence-electron chi connectivity index (χ0n) is 22.3. The van der Waals surface area contributed by atoms with Crippen molar-refractivity contribution in [2.45, 2.75) is 68.3 Å². The van der Waals surface area contributed by atoms with Crippen molar-refractivity contribution < 1.29 is 74.4 Å². The smallest absolute Gasteiger partial charge is 0.239 e. The third-order valence-corrected chi connectivity index (χ3v) is 7.31. The summed E-state index contributed by atoms with van der Waals surface area (Å²) in [5.74, 6) is -3.19. The van der Waals surface area contributed by atoms with Crippen LogP contribution in [0, 0.1) is 0 Å². The molecule has 2 aliphatic heterocycles. The molecule has 0 saturated carbocycles. The van der Waals surface area contributed by atoms with Crippen LogP contribution in [0.1, 0.15) is 6.92 Å². The molecule has 234 valence electrons. The van der Waals surface area contributed by atoms with Gasteiger partial charge in [-0.15, -0.1) is 0 Å². The Kier molecular flexibility index (Phi) is 8.41. The molecule has 43 heavy (non-hydrogen) atoms. The van der Waals surface area contributed by atoms with E-state index in [2.05, 4.69) is 0 Å². The summed E-state index contributed by atoms with van der Waals surface area (Å²) in [5, 5.41) is 101. The molecular weight excluding hydrogens is 580 g/mol. The molecule has 0 unspecified atom stereocenters. The molecule has 2 saturated heterocycles. The normalized spacial score (nSPS) is 33.0. The Morgan fingerprint density at radius 2 is 1.49 bits per heavy atom. The summed E-state index contributed by atoms with van der Waals surface area (Å²) in [5.41, 5.74) is -1.27. The predicted octanol–water partition coefficient (Wildman–Crippen LogP) is -1.69. The van der Waals surface area contributed by atoms with Crippen LogP contribution in [0.3, 0.4) is 0 Å². The quantitative estimate of drug-likeness (QED) is 0.140. The van der Waals surface area contributed by atoms with Crippen LogP contribution in [0.4, 0.5) is 0 Å². The minimum atomic E-state index is -1.93. The highest BCUT2D eigenvalue weighted by atomic mass is 16.7. The van der Waals surface area contributed by atoms with E-state index in [1.165, 1.54) is 13.0 Å². The molecule has 5 rings (SSSR count). The van der Waals surface area contributed by atoms with Gasteiger partial charge in [0.15, 0.2) is 23.5 Å². The number of rotatable bonds is 6. The summed E-state index contributed by atoms with van der Waals surface area (Å²) in [6.45, 7) is 0.657. The summed E-state index contributed by atoms with van der Waals surface area (Å²) in [7, 11) is 0. The molecule has 10 N–H and O–H groups in total. The Hall–Kier alpha value is -3.71. The average Bonchev–Trinajstić information content (AvgIpc) is 2.96. The molecule has 16 nitrogen and oxygen atoms in total. The van der Waals surface area contributed by atoms with Gasteiger partial charge in [-0.2, -0.15) is 0 Å². The molecule has 0 amide bonds. The number of aliphatic hydroxyl groups excluding tert-OH is 6. The monoisotopic (exact) mass is 610 g/mol. The molecule has 0 bridgehead atoms. The van der Waals surface area contributed by atoms with Gasteiger partial charge in [0.25, 0.3) is 0 Å². The largest absolute Gasteiger partial charge is 0.508 e. The standard InChI is InChI=1S/C27H30O16/c1-8-23(42-27-21(37)19(35)17(33)15(7-28)41-27)20(36)22(38)26(39-8)43-25-18(34)16-13(32)5-10(29)6-14(16)40-24(25)9-2-3-11(30)12(31)4-9/h2-6,8,15,17,19-23,26-33,35-38H,7H2,1H3/t8-,15-,17-,19+,20+,21-,22-,23+,26+,27+/m1/s1. The summed E-state index contributed by atoms with van der Waals surface area (Å²) in [4.78, 5) is 13.6. The molecule has 0 aliphatic carbocycles. The lowest BCUT2D eigenvalue weighted by Crippen LogP contribution is -2.64. The predicted molar refractivity (Wildman–Crippen MR) is 140 cm³/mol. The highest BCUT2D eigenvalue weighted by molar-refractivity contribution is 5.88. The minimum absolute atomic E-state index is 0.00476. The number of hydrogen-bond acceptors (Lipinski definition) is 16. The second kappa shape index (κ2) is 11.8. The Bertz CT molecular complexity index is 1540. The zero-order valence-corrected chi connectivity index (χ0v) is 22.3. The van der Waals surface area contributed by atoms with Gasteiger partial charge in [-0.25, -0.2) is 0 Å². The lowest BCUT2D eigenvalue weighted by molar-refractivity contribution is -0.348. The maximum atomic E-state index is 13.6. The Labute approximate surface area is 241 Å². The van der Waals surface area contributed by atoms with Gasteiger partial charge in [0.1, 0.15) is 65.2 Å². The van der Waals surface area contributed by atoms with E-state index in [4.69, 9.17) is 23.4 Å². The van der Waals surface area contributed by atoms with Gasteiger partial charge in [-0.3, -0.25) is 4.79 Å². The topological polar surface area (TPSA) is 269 Å². The van der Waals surface area contributed by atoms with Crippen LogP contribution in [-0.4, -0.2) is 119 Å². The van der Waals surface area contributed by atoms with Gasteiger partial charge in [0, 0.05) is 17.7 Å². The first-order chi connectivity index (χ1) is 20.3. The highest BCUT2D eigenvalue weighted by Crippen LogP contribution is 2.39. The average molecular weight is 611 g/mol. The van der Waals surface area contributed by atoms with Crippen LogP contribution in [0.25, 0.3) is 22.3 Å². The molecule has 2 aromatic carbocycles. The molecule has 1 aromatic heterocycles. The number of aliphatic hydroxyl groups is 6. The van der Waals surface area contributed by atoms with Crippen LogP contribution in [-0.2, 0) is 14.2 Å². The minimum Gasteiger partial charge on any atom is -0.508 e. The first-order valence-electron chi connectivity index (χ1n) is 13.0. The van der Waals surface area contributed by atoms with Gasteiger partial charge in [-0.1, -0.05) is 0 Å². The molecule has 0 spiro atoms. The van der Waals surface area contributed by atoms with Gasteiger partial charge in [0.2, 0.25) is 17.5 Å². The van der Waals surface area contributed by atoms with Crippen molar-refractivity contribution in [2.75, 3.05) is 6.61 Å². The lowest BCUT2D eigenvalue weighted by Gasteiger charge is -2.45. The number of hydrogen-bond donors (Lipinski definition) is 10. The fourth-order valence-corrected chi connectivity index (χ4v) is 4.97. The van der Waals surface area contributed by atoms with E-state index in [9.17, 15) is 55.9 Å². The van der Waals surface area contributed by atoms with E-state index >= 15 is 0 Å². The molecule has 3 heterocycles. The third kappa shape index (κ3) is 5.55. The first kappa shape index (κ1) is 30.7. The number of phenols is 4. The zero-order chi connectivity index (χ0) is 31.3. The third-order valence-electron chi connectivity index (χ3n) is 7.31. The molecular formula is C27H30O16. The summed E-state index contributed by atoms with van der Waals surface area (Å²) in [6, 6.07) is 5.32. The van der Waals surface area contributed by atoms with Crippen LogP contribution in [0.2, 0.25) is 0 Å². The number of benzene rings is 2. The van der Waals surface area contributed by atoms with E-state index in [0.29, 0.717) is 0 Å². The van der Waals surface area contributed by atoms with Gasteiger partial charge in [-0.05, 0) is 25.1 Å². The maximum absolute atomic E-state index is 13.6. The SMILES string of the molecule is C[C@H]1O[C@@H](Oc2c(-c3ccc(O)c(O)c3)oc3cc(O)cc(O)c3c2=O)[C@H](O)[C@H](O)[C@H]1O[C@@H]1O[C@H](CO)[C@@H](O)[C@H](O)[C@H]1O. The van der Waals surface area contributed by atoms with Crippen molar-refractivity contribution in [3.05, 3.63) is 40.6 Å². The molecule has 10 atom stereocenters. The first-order valence-corrected chi connectivity index (χ1v) is 13.0. The van der Waals surface area contributed by atoms with Crippen LogP contribution in [0.15, 0.2) is 39.5 Å². The lowest BCUT2D eigenvalue weighted by atomic mass is 9.97. The number of fused-ring (bicyclic) bond motifs is 1. The maximum Gasteiger partial charge on any atom is 0.239 e. The van der Waals surface area contributed by atoms with Crippen molar-refractivity contribution >= 4 is 11.0 Å². The summed E-state index contributed by atoms with van der Waals surface area (Å²) in [6.07, 6.45) is -16.3. The van der Waals surface area contributed by atoms with E-state index in [-0.39, 0.29) is 16.9 Å². The second-order valence-electron chi connectivity index (χ2n) is 10.2. The van der Waals surface area contributed by atoms with Gasteiger partial charge in [0.05, 0.1) is 12.7 Å². The Morgan fingerprint density at radius 1 is 0.791 bits per heavy atom. The number of phenolic OH excluding ortho intramolecular Hbond substituents is 4. The van der Waals surface area contributed by atoms with Crippen LogP contribution < -0.4 is 10.2 Å². The van der Waals surface area contributed by atoms with Gasteiger partial charge >= 0.3 is 0 Å². The van der Waals surface area contributed by atoms with Crippen molar-refractivity contribution in [2.24, 2.45) is 0 Å². The van der Waals surface area contributed by atoms with E-state index in [1.807, 2.05) is 0 Å². The van der Waals surface area contributed by atoms with Crippen LogP contribution >= 0.6 is 0 Å². The molecule has 2 aliphatic rings. The molecule has 0 radical (unpaired) electrons. The van der Waals surface area contributed by atoms with E-state index in [0.717, 1.165) is 24.3 Å². The fourth-order valence-electron chi connectivity index (χ4n) is 4.97. The van der Waals surface area contributed by atoms with Crippen molar-refractivity contribution in [3.63, 3.8) is 0 Å². The Balaban J connectivity index is 1.47. The second-order valence-corrected chi connectivity index (χ2v) is 10.2. The molecule has 3 aromatic rings. The summed E-state index contributed by atoms with van der Waals surface area (Å²) >= 11 is 0. The van der Waals surface area contributed by atoms with Crippen LogP contribution in [0.5, 0.6) is 28.7 Å². The fraction of sp³-hybridized carbons (Fsp3) is 0.444. The van der Waals surface area contributed by atoms with Gasteiger partial charge < -0.3 is 74.4 Å². The van der Waals surface area contributed by atoms with E-state index in [1.54, 1.807) is 0 Å². The number of aromatic hydroxyl groups is 4. The molecule has 2 fully saturated rings. The molecule has 16 heteroatoms. The Morgan fingerprint density at radius 3 is 2.16 bits per heavy atom. The van der Waals surface area contributed by atoms with E-state index < -0.39 is 108 Å². The van der Waals surface area contributed by atoms with Crippen molar-refractivity contribution in [3.8, 4) is 40.1 Å². The number of ether oxygens (including phenoxy) is 4. The highest BCUT2D eigenvalue weighted by Gasteiger charge is 2.50.